The van der Waals surface area contributed by atoms with E-state index in [-0.39, 0.29) is 6.29 Å². The number of alkyl halides is 3. The van der Waals surface area contributed by atoms with E-state index in [0.29, 0.717) is 0 Å². The standard InChI is InChI=1S/C9H7F3N2O4/c1-17-8(16)6-5(2-15)13-4-14-7(6)18-3-9(10,11)12/h2,4H,3H2,1H3. The van der Waals surface area contributed by atoms with Crippen LogP contribution >= 0.6 is 0 Å². The number of esters is 1. The highest BCUT2D eigenvalue weighted by Gasteiger charge is 2.30. The fourth-order valence-electron chi connectivity index (χ4n) is 1.03. The average Bonchev–Trinajstić information content (AvgIpc) is 2.33. The first kappa shape index (κ1) is 13.9. The van der Waals surface area contributed by atoms with Crippen molar-refractivity contribution >= 4 is 12.3 Å². The minimum absolute atomic E-state index is 0.189. The molecule has 0 fully saturated rings. The van der Waals surface area contributed by atoms with Crippen LogP contribution in [0.3, 0.4) is 0 Å². The Hall–Kier alpha value is -2.19. The van der Waals surface area contributed by atoms with E-state index in [0.717, 1.165) is 13.4 Å². The van der Waals surface area contributed by atoms with E-state index < -0.39 is 35.9 Å². The Bertz CT molecular complexity index is 462. The third-order valence-corrected chi connectivity index (χ3v) is 1.72. The zero-order chi connectivity index (χ0) is 13.8. The minimum Gasteiger partial charge on any atom is -0.467 e. The highest BCUT2D eigenvalue weighted by atomic mass is 19.4. The molecule has 0 N–H and O–H groups in total. The second kappa shape index (κ2) is 5.43. The first-order valence-corrected chi connectivity index (χ1v) is 4.47. The third kappa shape index (κ3) is 3.40. The summed E-state index contributed by atoms with van der Waals surface area (Å²) in [4.78, 5) is 28.7. The monoisotopic (exact) mass is 264 g/mol. The molecule has 9 heteroatoms. The lowest BCUT2D eigenvalue weighted by molar-refractivity contribution is -0.154. The van der Waals surface area contributed by atoms with Crippen LogP contribution in [0.1, 0.15) is 20.8 Å². The topological polar surface area (TPSA) is 78.4 Å². The second-order valence-corrected chi connectivity index (χ2v) is 2.95. The van der Waals surface area contributed by atoms with Gasteiger partial charge in [-0.1, -0.05) is 0 Å². The number of hydrogen-bond acceptors (Lipinski definition) is 6. The van der Waals surface area contributed by atoms with Crippen LogP contribution in [-0.4, -0.2) is 42.1 Å². The molecule has 1 aromatic rings. The van der Waals surface area contributed by atoms with Crippen LogP contribution in [0.4, 0.5) is 13.2 Å². The van der Waals surface area contributed by atoms with Crippen LogP contribution in [0.15, 0.2) is 6.33 Å². The van der Waals surface area contributed by atoms with Crippen molar-refractivity contribution in [2.45, 2.75) is 6.18 Å². The predicted octanol–water partition coefficient (Wildman–Crippen LogP) is 1.02. The maximum atomic E-state index is 12.0. The Labute approximate surface area is 98.7 Å². The van der Waals surface area contributed by atoms with Gasteiger partial charge in [-0.25, -0.2) is 14.8 Å². The minimum atomic E-state index is -4.60. The zero-order valence-electron chi connectivity index (χ0n) is 9.02. The van der Waals surface area contributed by atoms with Crippen molar-refractivity contribution in [3.8, 4) is 5.88 Å². The van der Waals surface area contributed by atoms with Crippen molar-refractivity contribution in [3.63, 3.8) is 0 Å². The van der Waals surface area contributed by atoms with Gasteiger partial charge in [-0.05, 0) is 0 Å². The average molecular weight is 264 g/mol. The number of methoxy groups -OCH3 is 1. The number of ether oxygens (including phenoxy) is 2. The highest BCUT2D eigenvalue weighted by molar-refractivity contribution is 5.98. The maximum absolute atomic E-state index is 12.0. The Morgan fingerprint density at radius 2 is 2.11 bits per heavy atom. The summed E-state index contributed by atoms with van der Waals surface area (Å²) in [5.74, 6) is -1.72. The summed E-state index contributed by atoms with van der Waals surface area (Å²) >= 11 is 0. The molecule has 0 saturated carbocycles. The van der Waals surface area contributed by atoms with Crippen molar-refractivity contribution in [2.24, 2.45) is 0 Å². The number of nitrogens with zero attached hydrogens (tertiary/aromatic N) is 2. The van der Waals surface area contributed by atoms with Gasteiger partial charge in [0.25, 0.3) is 0 Å². The quantitative estimate of drug-likeness (QED) is 0.596. The number of aromatic nitrogens is 2. The highest BCUT2D eigenvalue weighted by Crippen LogP contribution is 2.21. The summed E-state index contributed by atoms with van der Waals surface area (Å²) in [6.45, 7) is -1.65. The van der Waals surface area contributed by atoms with Crippen LogP contribution in [-0.2, 0) is 4.74 Å². The van der Waals surface area contributed by atoms with Gasteiger partial charge in [0.15, 0.2) is 18.5 Å². The molecule has 1 heterocycles. The van der Waals surface area contributed by atoms with E-state index in [4.69, 9.17) is 0 Å². The molecular formula is C9H7F3N2O4. The van der Waals surface area contributed by atoms with Gasteiger partial charge in [-0.15, -0.1) is 0 Å². The zero-order valence-corrected chi connectivity index (χ0v) is 9.02. The lowest BCUT2D eigenvalue weighted by Gasteiger charge is -2.11. The van der Waals surface area contributed by atoms with Gasteiger partial charge in [-0.3, -0.25) is 4.79 Å². The lowest BCUT2D eigenvalue weighted by Crippen LogP contribution is -2.21. The molecule has 1 aromatic heterocycles. The number of hydrogen-bond donors (Lipinski definition) is 0. The van der Waals surface area contributed by atoms with Crippen LogP contribution in [0.25, 0.3) is 0 Å². The Morgan fingerprint density at radius 1 is 1.44 bits per heavy atom. The van der Waals surface area contributed by atoms with E-state index in [1.54, 1.807) is 0 Å². The smallest absolute Gasteiger partial charge is 0.422 e. The van der Waals surface area contributed by atoms with Gasteiger partial charge < -0.3 is 9.47 Å². The Kier molecular flexibility index (Phi) is 4.18. The molecule has 1 rings (SSSR count). The molecule has 0 saturated heterocycles. The second-order valence-electron chi connectivity index (χ2n) is 2.95. The predicted molar refractivity (Wildman–Crippen MR) is 50.3 cm³/mol. The van der Waals surface area contributed by atoms with Crippen molar-refractivity contribution in [1.29, 1.82) is 0 Å². The van der Waals surface area contributed by atoms with Crippen LogP contribution in [0.2, 0.25) is 0 Å². The van der Waals surface area contributed by atoms with E-state index in [1.807, 2.05) is 0 Å². The van der Waals surface area contributed by atoms with Crippen molar-refractivity contribution < 1.29 is 32.2 Å². The van der Waals surface area contributed by atoms with Crippen LogP contribution in [0, 0.1) is 0 Å². The molecule has 0 aliphatic carbocycles. The summed E-state index contributed by atoms with van der Waals surface area (Å²) in [5, 5.41) is 0. The third-order valence-electron chi connectivity index (χ3n) is 1.72. The first-order chi connectivity index (χ1) is 8.39. The summed E-state index contributed by atoms with van der Waals surface area (Å²) in [5.41, 5.74) is -0.951. The molecule has 0 unspecified atom stereocenters. The van der Waals surface area contributed by atoms with Gasteiger partial charge in [0, 0.05) is 0 Å². The molecule has 6 nitrogen and oxygen atoms in total. The molecule has 0 aromatic carbocycles. The van der Waals surface area contributed by atoms with Gasteiger partial charge in [-0.2, -0.15) is 13.2 Å². The van der Waals surface area contributed by atoms with Gasteiger partial charge in [0.1, 0.15) is 12.0 Å². The van der Waals surface area contributed by atoms with Crippen molar-refractivity contribution in [3.05, 3.63) is 17.6 Å². The number of rotatable bonds is 4. The maximum Gasteiger partial charge on any atom is 0.422 e. The Balaban J connectivity index is 3.10. The van der Waals surface area contributed by atoms with E-state index in [2.05, 4.69) is 19.4 Å². The first-order valence-electron chi connectivity index (χ1n) is 4.47. The molecule has 0 aliphatic rings. The fourth-order valence-corrected chi connectivity index (χ4v) is 1.03. The van der Waals surface area contributed by atoms with E-state index in [9.17, 15) is 22.8 Å². The largest absolute Gasteiger partial charge is 0.467 e. The molecule has 0 spiro atoms. The Morgan fingerprint density at radius 3 is 2.61 bits per heavy atom. The number of halogens is 3. The number of aldehydes is 1. The fraction of sp³-hybridized carbons (Fsp3) is 0.333. The SMILES string of the molecule is COC(=O)c1c(C=O)ncnc1OCC(F)(F)F. The summed E-state index contributed by atoms with van der Waals surface area (Å²) in [6.07, 6.45) is -3.60. The molecule has 98 valence electrons. The van der Waals surface area contributed by atoms with Crippen LogP contribution in [0.5, 0.6) is 5.88 Å². The summed E-state index contributed by atoms with van der Waals surface area (Å²) in [6, 6.07) is 0. The number of carbonyl (C=O) groups excluding carboxylic acids is 2. The molecular weight excluding hydrogens is 257 g/mol. The molecule has 0 atom stereocenters. The molecule has 0 radical (unpaired) electrons. The van der Waals surface area contributed by atoms with Gasteiger partial charge in [0.05, 0.1) is 7.11 Å². The molecule has 0 bridgehead atoms. The molecule has 0 aliphatic heterocycles. The molecule has 0 amide bonds. The molecule has 18 heavy (non-hydrogen) atoms. The van der Waals surface area contributed by atoms with Crippen LogP contribution < -0.4 is 4.74 Å². The normalized spacial score (nSPS) is 10.9. The van der Waals surface area contributed by atoms with Crippen molar-refractivity contribution in [2.75, 3.05) is 13.7 Å². The van der Waals surface area contributed by atoms with Gasteiger partial charge >= 0.3 is 12.1 Å². The van der Waals surface area contributed by atoms with Crippen molar-refractivity contribution in [1.82, 2.24) is 9.97 Å². The summed E-state index contributed by atoms with van der Waals surface area (Å²) < 4.78 is 44.6. The van der Waals surface area contributed by atoms with E-state index >= 15 is 0 Å². The number of carbonyl (C=O) groups is 2. The van der Waals surface area contributed by atoms with Gasteiger partial charge in [0.2, 0.25) is 5.88 Å². The van der Waals surface area contributed by atoms with E-state index in [1.165, 1.54) is 0 Å². The lowest BCUT2D eigenvalue weighted by atomic mass is 10.2. The summed E-state index contributed by atoms with van der Waals surface area (Å²) in [7, 11) is 0.997.